The number of carbonyl (C=O) groups excluding carboxylic acids is 1. The molecular weight excluding hydrogens is 345 g/mol. The summed E-state index contributed by atoms with van der Waals surface area (Å²) >= 11 is 0. The van der Waals surface area contributed by atoms with Crippen LogP contribution in [0.4, 0.5) is 10.1 Å². The van der Waals surface area contributed by atoms with Gasteiger partial charge in [-0.1, -0.05) is 47.6 Å². The zero-order valence-electron chi connectivity index (χ0n) is 14.8. The Morgan fingerprint density at radius 1 is 1.00 bits per heavy atom. The second kappa shape index (κ2) is 7.61. The van der Waals surface area contributed by atoms with E-state index in [-0.39, 0.29) is 18.1 Å². The molecule has 138 valence electrons. The molecule has 1 fully saturated rings. The Morgan fingerprint density at radius 2 is 1.70 bits per heavy atom. The van der Waals surface area contributed by atoms with Crippen LogP contribution < -0.4 is 4.90 Å². The lowest BCUT2D eigenvalue weighted by Gasteiger charge is -2.36. The van der Waals surface area contributed by atoms with Crippen molar-refractivity contribution in [2.75, 3.05) is 31.1 Å². The standard InChI is InChI=1S/C21H20FN3O2/c22-18-8-4-5-9-20(18)24-10-12-25(13-11-24)21(26)15-17-14-19(23-27-17)16-6-2-1-3-7-16/h1-9,14H,10-13,15H2. The molecule has 0 aliphatic carbocycles. The number of nitrogens with zero attached hydrogens (tertiary/aromatic N) is 3. The van der Waals surface area contributed by atoms with Gasteiger partial charge in [-0.3, -0.25) is 4.79 Å². The monoisotopic (exact) mass is 365 g/mol. The predicted octanol–water partition coefficient (Wildman–Crippen LogP) is 3.37. The molecule has 1 saturated heterocycles. The number of halogens is 1. The lowest BCUT2D eigenvalue weighted by Crippen LogP contribution is -2.49. The number of rotatable bonds is 4. The summed E-state index contributed by atoms with van der Waals surface area (Å²) in [5, 5.41) is 4.05. The number of piperazine rings is 1. The molecule has 0 spiro atoms. The van der Waals surface area contributed by atoms with Gasteiger partial charge in [-0.25, -0.2) is 4.39 Å². The van der Waals surface area contributed by atoms with Crippen LogP contribution in [0.15, 0.2) is 65.2 Å². The second-order valence-electron chi connectivity index (χ2n) is 6.54. The summed E-state index contributed by atoms with van der Waals surface area (Å²) in [5.74, 6) is 0.321. The summed E-state index contributed by atoms with van der Waals surface area (Å²) in [4.78, 5) is 16.3. The predicted molar refractivity (Wildman–Crippen MR) is 101 cm³/mol. The average molecular weight is 365 g/mol. The smallest absolute Gasteiger partial charge is 0.230 e. The van der Waals surface area contributed by atoms with E-state index < -0.39 is 0 Å². The summed E-state index contributed by atoms with van der Waals surface area (Å²) in [7, 11) is 0. The zero-order chi connectivity index (χ0) is 18.6. The van der Waals surface area contributed by atoms with E-state index in [4.69, 9.17) is 4.52 Å². The fraction of sp³-hybridized carbons (Fsp3) is 0.238. The van der Waals surface area contributed by atoms with Gasteiger partial charge in [0.25, 0.3) is 0 Å². The summed E-state index contributed by atoms with van der Waals surface area (Å²) in [6, 6.07) is 18.2. The number of benzene rings is 2. The molecule has 0 saturated carbocycles. The number of hydrogen-bond acceptors (Lipinski definition) is 4. The molecule has 5 nitrogen and oxygen atoms in total. The van der Waals surface area contributed by atoms with Crippen molar-refractivity contribution in [3.8, 4) is 11.3 Å². The van der Waals surface area contributed by atoms with E-state index in [0.717, 1.165) is 11.3 Å². The maximum atomic E-state index is 13.9. The molecule has 6 heteroatoms. The van der Waals surface area contributed by atoms with Crippen molar-refractivity contribution in [2.24, 2.45) is 0 Å². The van der Waals surface area contributed by atoms with Gasteiger partial charge in [-0.15, -0.1) is 0 Å². The fourth-order valence-corrected chi connectivity index (χ4v) is 3.31. The van der Waals surface area contributed by atoms with Gasteiger partial charge >= 0.3 is 0 Å². The Kier molecular flexibility index (Phi) is 4.87. The maximum Gasteiger partial charge on any atom is 0.230 e. The van der Waals surface area contributed by atoms with Crippen LogP contribution >= 0.6 is 0 Å². The normalized spacial score (nSPS) is 14.4. The maximum absolute atomic E-state index is 13.9. The van der Waals surface area contributed by atoms with Crippen molar-refractivity contribution in [1.29, 1.82) is 0 Å². The third kappa shape index (κ3) is 3.84. The quantitative estimate of drug-likeness (QED) is 0.711. The first-order valence-electron chi connectivity index (χ1n) is 8.99. The van der Waals surface area contributed by atoms with Crippen LogP contribution in [0, 0.1) is 5.82 Å². The third-order valence-electron chi connectivity index (χ3n) is 4.78. The molecule has 0 radical (unpaired) electrons. The highest BCUT2D eigenvalue weighted by Crippen LogP contribution is 2.21. The molecule has 1 amide bonds. The molecule has 0 atom stereocenters. The fourth-order valence-electron chi connectivity index (χ4n) is 3.31. The first-order valence-corrected chi connectivity index (χ1v) is 8.99. The van der Waals surface area contributed by atoms with Crippen LogP contribution in [0.5, 0.6) is 0 Å². The third-order valence-corrected chi connectivity index (χ3v) is 4.78. The van der Waals surface area contributed by atoms with Gasteiger partial charge in [0.1, 0.15) is 17.3 Å². The number of hydrogen-bond donors (Lipinski definition) is 0. The van der Waals surface area contributed by atoms with E-state index >= 15 is 0 Å². The minimum absolute atomic E-state index is 0.000977. The van der Waals surface area contributed by atoms with Crippen molar-refractivity contribution in [2.45, 2.75) is 6.42 Å². The highest BCUT2D eigenvalue weighted by Gasteiger charge is 2.23. The van der Waals surface area contributed by atoms with E-state index in [1.807, 2.05) is 47.4 Å². The average Bonchev–Trinajstić information content (AvgIpc) is 3.18. The van der Waals surface area contributed by atoms with Gasteiger partial charge in [0.05, 0.1) is 12.1 Å². The number of anilines is 1. The first-order chi connectivity index (χ1) is 13.2. The first kappa shape index (κ1) is 17.3. The van der Waals surface area contributed by atoms with E-state index in [2.05, 4.69) is 5.16 Å². The van der Waals surface area contributed by atoms with Crippen LogP contribution in [0.25, 0.3) is 11.3 Å². The second-order valence-corrected chi connectivity index (χ2v) is 6.54. The molecule has 1 aliphatic rings. The van der Waals surface area contributed by atoms with Gasteiger partial charge < -0.3 is 14.3 Å². The lowest BCUT2D eigenvalue weighted by molar-refractivity contribution is -0.131. The highest BCUT2D eigenvalue weighted by molar-refractivity contribution is 5.79. The molecule has 4 rings (SSSR count). The molecule has 3 aromatic rings. The number of aromatic nitrogens is 1. The van der Waals surface area contributed by atoms with Crippen molar-refractivity contribution in [1.82, 2.24) is 10.1 Å². The Morgan fingerprint density at radius 3 is 2.44 bits per heavy atom. The molecule has 0 unspecified atom stereocenters. The van der Waals surface area contributed by atoms with E-state index in [0.29, 0.717) is 37.6 Å². The molecular formula is C21H20FN3O2. The molecule has 1 aromatic heterocycles. The Hall–Kier alpha value is -3.15. The van der Waals surface area contributed by atoms with E-state index in [9.17, 15) is 9.18 Å². The van der Waals surface area contributed by atoms with Crippen LogP contribution in [0.2, 0.25) is 0 Å². The molecule has 1 aliphatic heterocycles. The van der Waals surface area contributed by atoms with Gasteiger partial charge in [0, 0.05) is 37.8 Å². The molecule has 0 bridgehead atoms. The number of carbonyl (C=O) groups is 1. The minimum atomic E-state index is -0.229. The van der Waals surface area contributed by atoms with Crippen molar-refractivity contribution < 1.29 is 13.7 Å². The van der Waals surface area contributed by atoms with Crippen LogP contribution in [0.1, 0.15) is 5.76 Å². The Labute approximate surface area is 157 Å². The van der Waals surface area contributed by atoms with Gasteiger partial charge in [0.2, 0.25) is 5.91 Å². The summed E-state index contributed by atoms with van der Waals surface area (Å²) in [6.45, 7) is 2.34. The van der Waals surface area contributed by atoms with Gasteiger partial charge in [0.15, 0.2) is 0 Å². The van der Waals surface area contributed by atoms with Crippen molar-refractivity contribution in [3.05, 3.63) is 72.2 Å². The Bertz CT molecular complexity index is 918. The largest absolute Gasteiger partial charge is 0.366 e. The van der Waals surface area contributed by atoms with Crippen LogP contribution in [0.3, 0.4) is 0 Å². The Balaban J connectivity index is 1.35. The number of para-hydroxylation sites is 1. The summed E-state index contributed by atoms with van der Waals surface area (Å²) in [6.07, 6.45) is 0.180. The van der Waals surface area contributed by atoms with Gasteiger partial charge in [-0.05, 0) is 12.1 Å². The molecule has 2 heterocycles. The topological polar surface area (TPSA) is 49.6 Å². The summed E-state index contributed by atoms with van der Waals surface area (Å²) < 4.78 is 19.2. The highest BCUT2D eigenvalue weighted by atomic mass is 19.1. The zero-order valence-corrected chi connectivity index (χ0v) is 14.8. The van der Waals surface area contributed by atoms with E-state index in [1.54, 1.807) is 17.0 Å². The van der Waals surface area contributed by atoms with E-state index in [1.165, 1.54) is 6.07 Å². The SMILES string of the molecule is O=C(Cc1cc(-c2ccccc2)no1)N1CCN(c2ccccc2F)CC1. The van der Waals surface area contributed by atoms with Crippen molar-refractivity contribution in [3.63, 3.8) is 0 Å². The molecule has 27 heavy (non-hydrogen) atoms. The van der Waals surface area contributed by atoms with Crippen LogP contribution in [-0.2, 0) is 11.2 Å². The number of amides is 1. The molecule has 2 aromatic carbocycles. The minimum Gasteiger partial charge on any atom is -0.366 e. The lowest BCUT2D eigenvalue weighted by atomic mass is 10.1. The molecule has 0 N–H and O–H groups in total. The van der Waals surface area contributed by atoms with Crippen LogP contribution in [-0.4, -0.2) is 42.1 Å². The van der Waals surface area contributed by atoms with Crippen molar-refractivity contribution >= 4 is 11.6 Å². The van der Waals surface area contributed by atoms with Gasteiger partial charge in [-0.2, -0.15) is 0 Å². The summed E-state index contributed by atoms with van der Waals surface area (Å²) in [5.41, 5.74) is 2.27.